The zero-order chi connectivity index (χ0) is 12.2. The lowest BCUT2D eigenvalue weighted by Gasteiger charge is -2.17. The van der Waals surface area contributed by atoms with E-state index in [9.17, 15) is 5.11 Å². The normalized spacial score (nSPS) is 11.8. The number of aliphatic hydroxyl groups is 1. The molecule has 0 saturated heterocycles. The van der Waals surface area contributed by atoms with Crippen LogP contribution in [0.5, 0.6) is 0 Å². The smallest absolute Gasteiger partial charge is 0.0715 e. The Hall–Kier alpha value is -0.280. The number of rotatable bonds is 5. The van der Waals surface area contributed by atoms with E-state index in [0.29, 0.717) is 16.6 Å². The van der Waals surface area contributed by atoms with Crippen molar-refractivity contribution in [2.45, 2.75) is 25.9 Å². The molecule has 4 heteroatoms. The molecule has 0 amide bonds. The van der Waals surface area contributed by atoms with Gasteiger partial charge < -0.3 is 10.4 Å². The van der Waals surface area contributed by atoms with Gasteiger partial charge in [0, 0.05) is 6.54 Å². The van der Waals surface area contributed by atoms with Crippen molar-refractivity contribution in [2.24, 2.45) is 0 Å². The predicted octanol–water partition coefficient (Wildman–Crippen LogP) is 2.90. The lowest BCUT2D eigenvalue weighted by atomic mass is 10.1. The highest BCUT2D eigenvalue weighted by atomic mass is 35.5. The number of nitrogens with one attached hydrogen (secondary N) is 1. The molecule has 2 N–H and O–H groups in total. The fourth-order valence-electron chi connectivity index (χ4n) is 1.32. The van der Waals surface area contributed by atoms with Crippen LogP contribution in [-0.4, -0.2) is 23.8 Å². The second kappa shape index (κ2) is 5.87. The van der Waals surface area contributed by atoms with Gasteiger partial charge in [0.15, 0.2) is 0 Å². The van der Waals surface area contributed by atoms with Crippen molar-refractivity contribution in [3.05, 3.63) is 33.8 Å². The fraction of sp³-hybridized carbons (Fsp3) is 0.500. The summed E-state index contributed by atoms with van der Waals surface area (Å²) in [5, 5.41) is 13.8. The molecule has 0 atom stereocenters. The van der Waals surface area contributed by atoms with Crippen LogP contribution >= 0.6 is 23.2 Å². The van der Waals surface area contributed by atoms with E-state index in [0.717, 1.165) is 18.5 Å². The Balaban J connectivity index is 2.35. The summed E-state index contributed by atoms with van der Waals surface area (Å²) in [5.41, 5.74) is 0.468. The maximum Gasteiger partial charge on any atom is 0.0715 e. The van der Waals surface area contributed by atoms with Crippen molar-refractivity contribution in [1.29, 1.82) is 0 Å². The van der Waals surface area contributed by atoms with E-state index < -0.39 is 5.60 Å². The minimum absolute atomic E-state index is 0.578. The predicted molar refractivity (Wildman–Crippen MR) is 69.3 cm³/mol. The van der Waals surface area contributed by atoms with Crippen molar-refractivity contribution in [3.63, 3.8) is 0 Å². The van der Waals surface area contributed by atoms with Gasteiger partial charge in [0.25, 0.3) is 0 Å². The third kappa shape index (κ3) is 5.17. The van der Waals surface area contributed by atoms with Gasteiger partial charge in [0.1, 0.15) is 0 Å². The van der Waals surface area contributed by atoms with Crippen LogP contribution in [0.25, 0.3) is 0 Å². The topological polar surface area (TPSA) is 32.3 Å². The summed E-state index contributed by atoms with van der Waals surface area (Å²) in [6, 6.07) is 5.63. The van der Waals surface area contributed by atoms with E-state index in [4.69, 9.17) is 23.2 Å². The van der Waals surface area contributed by atoms with Crippen molar-refractivity contribution in [1.82, 2.24) is 5.32 Å². The maximum atomic E-state index is 9.49. The Bertz CT molecular complexity index is 347. The lowest BCUT2D eigenvalue weighted by molar-refractivity contribution is 0.0801. The highest BCUT2D eigenvalue weighted by Crippen LogP contribution is 2.22. The first-order valence-corrected chi connectivity index (χ1v) is 6.01. The molecule has 0 aliphatic heterocycles. The van der Waals surface area contributed by atoms with Crippen molar-refractivity contribution >= 4 is 23.2 Å². The van der Waals surface area contributed by atoms with Crippen LogP contribution in [0, 0.1) is 0 Å². The molecule has 0 fully saturated rings. The molecule has 0 bridgehead atoms. The van der Waals surface area contributed by atoms with Crippen molar-refractivity contribution < 1.29 is 5.11 Å². The Morgan fingerprint density at radius 1 is 1.25 bits per heavy atom. The van der Waals surface area contributed by atoms with E-state index in [1.54, 1.807) is 19.9 Å². The van der Waals surface area contributed by atoms with E-state index in [2.05, 4.69) is 5.32 Å². The average Bonchev–Trinajstić information content (AvgIpc) is 2.17. The minimum atomic E-state index is -0.669. The second-order valence-corrected chi connectivity index (χ2v) is 5.30. The summed E-state index contributed by atoms with van der Waals surface area (Å²) in [4.78, 5) is 0. The van der Waals surface area contributed by atoms with E-state index >= 15 is 0 Å². The monoisotopic (exact) mass is 261 g/mol. The molecular formula is C12H17Cl2NO. The van der Waals surface area contributed by atoms with E-state index in [1.807, 2.05) is 12.1 Å². The standard InChI is InChI=1S/C12H17Cl2NO/c1-12(2,16)8-15-6-5-9-3-4-10(13)11(14)7-9/h3-4,7,15-16H,5-6,8H2,1-2H3. The highest BCUT2D eigenvalue weighted by molar-refractivity contribution is 6.42. The van der Waals surface area contributed by atoms with Crippen LogP contribution in [0.3, 0.4) is 0 Å². The van der Waals surface area contributed by atoms with Crippen LogP contribution in [0.15, 0.2) is 18.2 Å². The third-order valence-corrected chi connectivity index (χ3v) is 2.87. The van der Waals surface area contributed by atoms with Gasteiger partial charge in [-0.15, -0.1) is 0 Å². The molecule has 0 aromatic heterocycles. The Morgan fingerprint density at radius 3 is 2.50 bits per heavy atom. The lowest BCUT2D eigenvalue weighted by Crippen LogP contribution is -2.35. The molecule has 90 valence electrons. The van der Waals surface area contributed by atoms with Gasteiger partial charge >= 0.3 is 0 Å². The third-order valence-electron chi connectivity index (χ3n) is 2.13. The molecular weight excluding hydrogens is 245 g/mol. The van der Waals surface area contributed by atoms with Gasteiger partial charge in [-0.2, -0.15) is 0 Å². The van der Waals surface area contributed by atoms with Gasteiger partial charge in [-0.05, 0) is 44.5 Å². The van der Waals surface area contributed by atoms with Crippen LogP contribution in [0.1, 0.15) is 19.4 Å². The van der Waals surface area contributed by atoms with Gasteiger partial charge in [-0.3, -0.25) is 0 Å². The number of halogens is 2. The largest absolute Gasteiger partial charge is 0.389 e. The second-order valence-electron chi connectivity index (χ2n) is 4.49. The number of hydrogen-bond donors (Lipinski definition) is 2. The number of benzene rings is 1. The van der Waals surface area contributed by atoms with E-state index in [-0.39, 0.29) is 0 Å². The molecule has 1 rings (SSSR count). The van der Waals surface area contributed by atoms with E-state index in [1.165, 1.54) is 0 Å². The fourth-order valence-corrected chi connectivity index (χ4v) is 1.64. The Kier molecular flexibility index (Phi) is 5.06. The van der Waals surface area contributed by atoms with Gasteiger partial charge in [-0.1, -0.05) is 29.3 Å². The summed E-state index contributed by atoms with van der Waals surface area (Å²) >= 11 is 11.7. The zero-order valence-electron chi connectivity index (χ0n) is 9.56. The quantitative estimate of drug-likeness (QED) is 0.800. The molecule has 0 unspecified atom stereocenters. The summed E-state index contributed by atoms with van der Waals surface area (Å²) in [6.45, 7) is 4.94. The summed E-state index contributed by atoms with van der Waals surface area (Å²) < 4.78 is 0. The average molecular weight is 262 g/mol. The minimum Gasteiger partial charge on any atom is -0.389 e. The van der Waals surface area contributed by atoms with Crippen LogP contribution < -0.4 is 5.32 Å². The van der Waals surface area contributed by atoms with Crippen LogP contribution in [0.4, 0.5) is 0 Å². The molecule has 0 spiro atoms. The first kappa shape index (κ1) is 13.8. The Labute approximate surface area is 107 Å². The molecule has 0 aliphatic carbocycles. The zero-order valence-corrected chi connectivity index (χ0v) is 11.1. The van der Waals surface area contributed by atoms with Gasteiger partial charge in [0.2, 0.25) is 0 Å². The molecule has 1 aromatic carbocycles. The first-order chi connectivity index (χ1) is 7.38. The van der Waals surface area contributed by atoms with Crippen LogP contribution in [-0.2, 0) is 6.42 Å². The summed E-state index contributed by atoms with van der Waals surface area (Å²) in [7, 11) is 0. The molecule has 1 aromatic rings. The van der Waals surface area contributed by atoms with Gasteiger partial charge in [-0.25, -0.2) is 0 Å². The molecule has 0 radical (unpaired) electrons. The Morgan fingerprint density at radius 2 is 1.94 bits per heavy atom. The molecule has 16 heavy (non-hydrogen) atoms. The molecule has 0 heterocycles. The summed E-state index contributed by atoms with van der Waals surface area (Å²) in [5.74, 6) is 0. The number of hydrogen-bond acceptors (Lipinski definition) is 2. The molecule has 0 aliphatic rings. The van der Waals surface area contributed by atoms with Crippen molar-refractivity contribution in [3.8, 4) is 0 Å². The highest BCUT2D eigenvalue weighted by Gasteiger charge is 2.10. The van der Waals surface area contributed by atoms with Gasteiger partial charge in [0.05, 0.1) is 15.6 Å². The molecule has 2 nitrogen and oxygen atoms in total. The summed E-state index contributed by atoms with van der Waals surface area (Å²) in [6.07, 6.45) is 0.868. The SMILES string of the molecule is CC(C)(O)CNCCc1ccc(Cl)c(Cl)c1. The van der Waals surface area contributed by atoms with Crippen LogP contribution in [0.2, 0.25) is 10.0 Å². The first-order valence-electron chi connectivity index (χ1n) is 5.25. The molecule has 0 saturated carbocycles. The van der Waals surface area contributed by atoms with Crippen molar-refractivity contribution in [2.75, 3.05) is 13.1 Å². The maximum absolute atomic E-state index is 9.49.